The highest BCUT2D eigenvalue weighted by Crippen LogP contribution is 2.49. The Morgan fingerprint density at radius 1 is 1.46 bits per heavy atom. The van der Waals surface area contributed by atoms with Gasteiger partial charge in [-0.1, -0.05) is 20.8 Å². The highest BCUT2D eigenvalue weighted by atomic mass is 15.3. The van der Waals surface area contributed by atoms with Gasteiger partial charge in [0.1, 0.15) is 0 Å². The van der Waals surface area contributed by atoms with Crippen LogP contribution in [0, 0.1) is 5.41 Å². The fourth-order valence-electron chi connectivity index (χ4n) is 2.57. The maximum atomic E-state index is 3.48. The molecule has 0 aromatic carbocycles. The fraction of sp³-hybridized carbons (Fsp3) is 1.00. The van der Waals surface area contributed by atoms with Crippen LogP contribution in [-0.2, 0) is 0 Å². The Labute approximate surface area is 81.7 Å². The quantitative estimate of drug-likeness (QED) is 0.695. The highest BCUT2D eigenvalue weighted by molar-refractivity contribution is 5.05. The van der Waals surface area contributed by atoms with Crippen molar-refractivity contribution in [3.05, 3.63) is 0 Å². The van der Waals surface area contributed by atoms with E-state index in [0.29, 0.717) is 5.41 Å². The summed E-state index contributed by atoms with van der Waals surface area (Å²) in [4.78, 5) is 2.73. The third-order valence-corrected chi connectivity index (χ3v) is 3.73. The minimum atomic E-state index is 0.602. The van der Waals surface area contributed by atoms with Crippen LogP contribution in [-0.4, -0.2) is 36.6 Å². The van der Waals surface area contributed by atoms with Crippen LogP contribution in [0.15, 0.2) is 0 Å². The van der Waals surface area contributed by atoms with Crippen molar-refractivity contribution >= 4 is 0 Å². The van der Waals surface area contributed by atoms with Crippen molar-refractivity contribution in [3.63, 3.8) is 0 Å². The van der Waals surface area contributed by atoms with Gasteiger partial charge < -0.3 is 5.32 Å². The monoisotopic (exact) mass is 182 g/mol. The molecule has 76 valence electrons. The topological polar surface area (TPSA) is 15.3 Å². The van der Waals surface area contributed by atoms with E-state index in [4.69, 9.17) is 0 Å². The average Bonchev–Trinajstić information content (AvgIpc) is 2.75. The number of nitrogens with zero attached hydrogens (tertiary/aromatic N) is 1. The van der Waals surface area contributed by atoms with Gasteiger partial charge in [-0.3, -0.25) is 4.90 Å². The predicted octanol–water partition coefficient (Wildman–Crippen LogP) is 1.47. The zero-order valence-electron chi connectivity index (χ0n) is 9.14. The first-order valence-corrected chi connectivity index (χ1v) is 5.61. The first-order chi connectivity index (χ1) is 6.15. The van der Waals surface area contributed by atoms with Crippen molar-refractivity contribution in [3.8, 4) is 0 Å². The van der Waals surface area contributed by atoms with Crippen LogP contribution in [0.3, 0.4) is 0 Å². The number of hydrogen-bond donors (Lipinski definition) is 1. The molecule has 0 aromatic heterocycles. The lowest BCUT2D eigenvalue weighted by molar-refractivity contribution is 0.132. The molecule has 2 aliphatic rings. The Morgan fingerprint density at radius 3 is 2.69 bits per heavy atom. The number of hydrogen-bond acceptors (Lipinski definition) is 2. The molecule has 2 nitrogen and oxygen atoms in total. The predicted molar refractivity (Wildman–Crippen MR) is 55.8 cm³/mol. The zero-order chi connectivity index (χ0) is 9.47. The van der Waals surface area contributed by atoms with Crippen LogP contribution in [0.4, 0.5) is 0 Å². The second kappa shape index (κ2) is 3.25. The smallest absolute Gasteiger partial charge is 0.0221 e. The van der Waals surface area contributed by atoms with Gasteiger partial charge >= 0.3 is 0 Å². The van der Waals surface area contributed by atoms with E-state index < -0.39 is 0 Å². The van der Waals surface area contributed by atoms with Crippen LogP contribution in [0.25, 0.3) is 0 Å². The van der Waals surface area contributed by atoms with Crippen molar-refractivity contribution < 1.29 is 0 Å². The molecule has 2 atom stereocenters. The lowest BCUT2D eigenvalue weighted by Crippen LogP contribution is -2.52. The molecule has 1 aliphatic carbocycles. The minimum absolute atomic E-state index is 0.602. The summed E-state index contributed by atoms with van der Waals surface area (Å²) in [7, 11) is 0. The van der Waals surface area contributed by atoms with Gasteiger partial charge in [-0.05, 0) is 18.3 Å². The molecule has 2 unspecified atom stereocenters. The standard InChI is InChI=1S/C11H22N2/c1-4-9-8-12-5-6-13(9)10-7-11(10,2)3/h9-10,12H,4-8H2,1-3H3. The molecule has 2 fully saturated rings. The summed E-state index contributed by atoms with van der Waals surface area (Å²) in [6.45, 7) is 10.7. The Balaban J connectivity index is 1.96. The number of piperazine rings is 1. The number of rotatable bonds is 2. The summed E-state index contributed by atoms with van der Waals surface area (Å²) in [5, 5.41) is 3.48. The van der Waals surface area contributed by atoms with Crippen LogP contribution in [0.1, 0.15) is 33.6 Å². The second-order valence-electron chi connectivity index (χ2n) is 5.21. The molecule has 1 aliphatic heterocycles. The maximum absolute atomic E-state index is 3.48. The van der Waals surface area contributed by atoms with E-state index in [0.717, 1.165) is 12.1 Å². The lowest BCUT2D eigenvalue weighted by Gasteiger charge is -2.37. The summed E-state index contributed by atoms with van der Waals surface area (Å²) in [6, 6.07) is 1.67. The summed E-state index contributed by atoms with van der Waals surface area (Å²) >= 11 is 0. The van der Waals surface area contributed by atoms with E-state index in [2.05, 4.69) is 31.0 Å². The van der Waals surface area contributed by atoms with Crippen molar-refractivity contribution in [2.75, 3.05) is 19.6 Å². The molecule has 0 spiro atoms. The molecule has 1 heterocycles. The first-order valence-electron chi connectivity index (χ1n) is 5.61. The number of nitrogens with one attached hydrogen (secondary N) is 1. The first kappa shape index (κ1) is 9.47. The zero-order valence-corrected chi connectivity index (χ0v) is 9.14. The van der Waals surface area contributed by atoms with Gasteiger partial charge in [0.05, 0.1) is 0 Å². The van der Waals surface area contributed by atoms with Crippen molar-refractivity contribution in [2.24, 2.45) is 5.41 Å². The summed E-state index contributed by atoms with van der Waals surface area (Å²) in [5.74, 6) is 0. The second-order valence-corrected chi connectivity index (χ2v) is 5.21. The Hall–Kier alpha value is -0.0800. The van der Waals surface area contributed by atoms with E-state index in [1.165, 1.54) is 32.5 Å². The van der Waals surface area contributed by atoms with Gasteiger partial charge in [0.2, 0.25) is 0 Å². The summed E-state index contributed by atoms with van der Waals surface area (Å²) < 4.78 is 0. The van der Waals surface area contributed by atoms with Gasteiger partial charge in [-0.15, -0.1) is 0 Å². The van der Waals surface area contributed by atoms with Gasteiger partial charge in [-0.25, -0.2) is 0 Å². The SMILES string of the molecule is CCC1CNCCN1C1CC1(C)C. The molecule has 0 aromatic rings. The maximum Gasteiger partial charge on any atom is 0.0221 e. The Bertz CT molecular complexity index is 187. The summed E-state index contributed by atoms with van der Waals surface area (Å²) in [6.07, 6.45) is 2.70. The molecule has 1 saturated heterocycles. The average molecular weight is 182 g/mol. The Kier molecular flexibility index (Phi) is 2.37. The fourth-order valence-corrected chi connectivity index (χ4v) is 2.57. The molecule has 2 heteroatoms. The van der Waals surface area contributed by atoms with Gasteiger partial charge in [0, 0.05) is 31.7 Å². The van der Waals surface area contributed by atoms with E-state index in [1.54, 1.807) is 0 Å². The van der Waals surface area contributed by atoms with Crippen molar-refractivity contribution in [1.82, 2.24) is 10.2 Å². The van der Waals surface area contributed by atoms with E-state index in [9.17, 15) is 0 Å². The van der Waals surface area contributed by atoms with Crippen LogP contribution in [0.5, 0.6) is 0 Å². The molecule has 2 rings (SSSR count). The van der Waals surface area contributed by atoms with Crippen LogP contribution < -0.4 is 5.32 Å². The molecular weight excluding hydrogens is 160 g/mol. The molecule has 0 amide bonds. The van der Waals surface area contributed by atoms with E-state index in [-0.39, 0.29) is 0 Å². The van der Waals surface area contributed by atoms with Crippen LogP contribution >= 0.6 is 0 Å². The van der Waals surface area contributed by atoms with E-state index in [1.807, 2.05) is 0 Å². The molecular formula is C11H22N2. The van der Waals surface area contributed by atoms with Gasteiger partial charge in [0.25, 0.3) is 0 Å². The van der Waals surface area contributed by atoms with Crippen molar-refractivity contribution in [1.29, 1.82) is 0 Å². The van der Waals surface area contributed by atoms with Crippen LogP contribution in [0.2, 0.25) is 0 Å². The molecule has 0 bridgehead atoms. The molecule has 1 N–H and O–H groups in total. The highest BCUT2D eigenvalue weighted by Gasteiger charge is 2.50. The largest absolute Gasteiger partial charge is 0.314 e. The third-order valence-electron chi connectivity index (χ3n) is 3.73. The third kappa shape index (κ3) is 1.75. The molecule has 13 heavy (non-hydrogen) atoms. The minimum Gasteiger partial charge on any atom is -0.314 e. The van der Waals surface area contributed by atoms with Gasteiger partial charge in [-0.2, -0.15) is 0 Å². The Morgan fingerprint density at radius 2 is 2.15 bits per heavy atom. The molecule has 1 saturated carbocycles. The molecule has 0 radical (unpaired) electrons. The lowest BCUT2D eigenvalue weighted by atomic mass is 10.1. The van der Waals surface area contributed by atoms with Gasteiger partial charge in [0.15, 0.2) is 0 Å². The van der Waals surface area contributed by atoms with Crippen molar-refractivity contribution in [2.45, 2.75) is 45.7 Å². The summed E-state index contributed by atoms with van der Waals surface area (Å²) in [5.41, 5.74) is 0.602. The normalized spacial score (nSPS) is 39.0. The van der Waals surface area contributed by atoms with E-state index >= 15 is 0 Å².